The van der Waals surface area contributed by atoms with Gasteiger partial charge < -0.3 is 9.64 Å². The van der Waals surface area contributed by atoms with Gasteiger partial charge in [-0.25, -0.2) is 0 Å². The van der Waals surface area contributed by atoms with Crippen molar-refractivity contribution in [3.63, 3.8) is 0 Å². The van der Waals surface area contributed by atoms with Crippen LogP contribution in [0.15, 0.2) is 0 Å². The monoisotopic (exact) mass is 296 g/mol. The maximum atomic E-state index is 12.1. The second-order valence-corrected chi connectivity index (χ2v) is 7.26. The van der Waals surface area contributed by atoms with Gasteiger partial charge >= 0.3 is 5.97 Å². The lowest BCUT2D eigenvalue weighted by Crippen LogP contribution is -2.52. The quantitative estimate of drug-likeness (QED) is 0.699. The minimum atomic E-state index is -0.531. The Morgan fingerprint density at radius 2 is 1.90 bits per heavy atom. The van der Waals surface area contributed by atoms with Gasteiger partial charge in [-0.05, 0) is 52.0 Å². The molecule has 1 unspecified atom stereocenters. The molecule has 2 aliphatic rings. The highest BCUT2D eigenvalue weighted by Crippen LogP contribution is 2.26. The molecule has 0 radical (unpaired) electrons. The fraction of sp³-hybridized carbons (Fsp3) is 0.941. The lowest BCUT2D eigenvalue weighted by Gasteiger charge is -2.32. The number of ether oxygens (including phenoxy) is 1. The van der Waals surface area contributed by atoms with Crippen molar-refractivity contribution < 1.29 is 9.53 Å². The summed E-state index contributed by atoms with van der Waals surface area (Å²) in [4.78, 5) is 14.5. The first kappa shape index (κ1) is 16.8. The summed E-state index contributed by atoms with van der Waals surface area (Å²) in [6, 6.07) is 0.512. The molecule has 122 valence electrons. The molecule has 0 aromatic carbocycles. The van der Waals surface area contributed by atoms with Gasteiger partial charge in [0.25, 0.3) is 0 Å². The number of esters is 1. The second kappa shape index (κ2) is 7.59. The predicted molar refractivity (Wildman–Crippen MR) is 85.3 cm³/mol. The van der Waals surface area contributed by atoms with Crippen LogP contribution in [0.2, 0.25) is 0 Å². The Bertz CT molecular complexity index is 338. The molecule has 0 spiro atoms. The van der Waals surface area contributed by atoms with Gasteiger partial charge in [-0.15, -0.1) is 0 Å². The first-order valence-electron chi connectivity index (χ1n) is 8.58. The summed E-state index contributed by atoms with van der Waals surface area (Å²) in [6.07, 6.45) is 10.1. The highest BCUT2D eigenvalue weighted by Gasteiger charge is 2.39. The van der Waals surface area contributed by atoms with E-state index >= 15 is 0 Å². The van der Waals surface area contributed by atoms with E-state index in [1.807, 2.05) is 6.92 Å². The van der Waals surface area contributed by atoms with Crippen LogP contribution in [0, 0.1) is 5.92 Å². The number of hydrogen-bond acceptors (Lipinski definition) is 4. The van der Waals surface area contributed by atoms with Gasteiger partial charge in [-0.3, -0.25) is 10.1 Å². The maximum Gasteiger partial charge on any atom is 0.325 e. The molecule has 2 rings (SSSR count). The zero-order chi connectivity index (χ0) is 15.3. The van der Waals surface area contributed by atoms with E-state index in [-0.39, 0.29) is 5.97 Å². The zero-order valence-corrected chi connectivity index (χ0v) is 14.0. The molecule has 0 amide bonds. The van der Waals surface area contributed by atoms with Crippen molar-refractivity contribution in [2.24, 2.45) is 5.92 Å². The summed E-state index contributed by atoms with van der Waals surface area (Å²) in [5.74, 6) is 0.727. The number of carbonyl (C=O) groups is 1. The third-order valence-corrected chi connectivity index (χ3v) is 5.02. The lowest BCUT2D eigenvalue weighted by molar-refractivity contribution is -0.148. The first-order chi connectivity index (χ1) is 10.0. The molecule has 0 aliphatic heterocycles. The Hall–Kier alpha value is -0.610. The lowest BCUT2D eigenvalue weighted by atomic mass is 9.89. The topological polar surface area (TPSA) is 41.6 Å². The molecule has 2 aliphatic carbocycles. The highest BCUT2D eigenvalue weighted by atomic mass is 16.5. The van der Waals surface area contributed by atoms with Crippen LogP contribution in [-0.2, 0) is 9.53 Å². The number of hydrogen-bond donors (Lipinski definition) is 1. The van der Waals surface area contributed by atoms with E-state index < -0.39 is 5.54 Å². The Kier molecular flexibility index (Phi) is 6.06. The molecule has 0 heterocycles. The molecule has 1 atom stereocenters. The van der Waals surface area contributed by atoms with Crippen molar-refractivity contribution >= 4 is 5.97 Å². The Morgan fingerprint density at radius 3 is 2.48 bits per heavy atom. The van der Waals surface area contributed by atoms with Crippen molar-refractivity contribution in [2.45, 2.75) is 69.9 Å². The Morgan fingerprint density at radius 1 is 1.24 bits per heavy atom. The van der Waals surface area contributed by atoms with Crippen LogP contribution < -0.4 is 5.32 Å². The van der Waals surface area contributed by atoms with Crippen LogP contribution in [-0.4, -0.2) is 49.7 Å². The van der Waals surface area contributed by atoms with E-state index in [9.17, 15) is 4.79 Å². The van der Waals surface area contributed by atoms with Crippen LogP contribution in [0.25, 0.3) is 0 Å². The Labute approximate surface area is 129 Å². The standard InChI is InChI=1S/C17H32N2O2/c1-17(16(20)21-3,18-15-9-10-15)11-12-19(2)13-14-7-5-4-6-8-14/h14-15,18H,4-13H2,1-3H3. The fourth-order valence-corrected chi connectivity index (χ4v) is 3.45. The van der Waals surface area contributed by atoms with Crippen LogP contribution >= 0.6 is 0 Å². The van der Waals surface area contributed by atoms with Crippen LogP contribution in [0.4, 0.5) is 0 Å². The molecular formula is C17H32N2O2. The zero-order valence-electron chi connectivity index (χ0n) is 14.0. The third-order valence-electron chi connectivity index (χ3n) is 5.02. The van der Waals surface area contributed by atoms with E-state index in [4.69, 9.17) is 4.74 Å². The van der Waals surface area contributed by atoms with Gasteiger partial charge in [0.1, 0.15) is 5.54 Å². The average molecular weight is 296 g/mol. The van der Waals surface area contributed by atoms with E-state index in [1.165, 1.54) is 58.6 Å². The molecule has 4 heteroatoms. The molecule has 0 aromatic heterocycles. The normalized spacial score (nSPS) is 23.0. The van der Waals surface area contributed by atoms with E-state index in [2.05, 4.69) is 17.3 Å². The van der Waals surface area contributed by atoms with Gasteiger partial charge in [0, 0.05) is 19.1 Å². The summed E-state index contributed by atoms with van der Waals surface area (Å²) < 4.78 is 5.01. The largest absolute Gasteiger partial charge is 0.468 e. The van der Waals surface area contributed by atoms with Crippen LogP contribution in [0.3, 0.4) is 0 Å². The van der Waals surface area contributed by atoms with Gasteiger partial charge in [0.05, 0.1) is 7.11 Å². The molecule has 2 fully saturated rings. The average Bonchev–Trinajstić information content (AvgIpc) is 3.29. The van der Waals surface area contributed by atoms with Crippen molar-refractivity contribution in [1.82, 2.24) is 10.2 Å². The van der Waals surface area contributed by atoms with Gasteiger partial charge in [0.2, 0.25) is 0 Å². The van der Waals surface area contributed by atoms with E-state index in [1.54, 1.807) is 0 Å². The molecule has 0 aromatic rings. The molecule has 1 N–H and O–H groups in total. The van der Waals surface area contributed by atoms with Crippen LogP contribution in [0.1, 0.15) is 58.3 Å². The minimum absolute atomic E-state index is 0.125. The summed E-state index contributed by atoms with van der Waals surface area (Å²) in [5.41, 5.74) is -0.531. The first-order valence-corrected chi connectivity index (χ1v) is 8.58. The molecule has 21 heavy (non-hydrogen) atoms. The maximum absolute atomic E-state index is 12.1. The number of nitrogens with one attached hydrogen (secondary N) is 1. The summed E-state index contributed by atoms with van der Waals surface area (Å²) in [7, 11) is 3.67. The molecule has 4 nitrogen and oxygen atoms in total. The van der Waals surface area contributed by atoms with Crippen molar-refractivity contribution in [3.05, 3.63) is 0 Å². The van der Waals surface area contributed by atoms with Crippen LogP contribution in [0.5, 0.6) is 0 Å². The molecule has 2 saturated carbocycles. The van der Waals surface area contributed by atoms with E-state index in [0.29, 0.717) is 6.04 Å². The summed E-state index contributed by atoms with van der Waals surface area (Å²) in [5, 5.41) is 3.48. The van der Waals surface area contributed by atoms with Gasteiger partial charge in [-0.2, -0.15) is 0 Å². The Balaban J connectivity index is 1.78. The SMILES string of the molecule is COC(=O)C(C)(CCN(C)CC1CCCCC1)NC1CC1. The summed E-state index contributed by atoms with van der Waals surface area (Å²) in [6.45, 7) is 4.11. The highest BCUT2D eigenvalue weighted by molar-refractivity contribution is 5.80. The summed E-state index contributed by atoms with van der Waals surface area (Å²) >= 11 is 0. The fourth-order valence-electron chi connectivity index (χ4n) is 3.45. The van der Waals surface area contributed by atoms with Crippen molar-refractivity contribution in [3.8, 4) is 0 Å². The van der Waals surface area contributed by atoms with Crippen molar-refractivity contribution in [2.75, 3.05) is 27.2 Å². The second-order valence-electron chi connectivity index (χ2n) is 7.26. The number of carbonyl (C=O) groups excluding carboxylic acids is 1. The molecular weight excluding hydrogens is 264 g/mol. The van der Waals surface area contributed by atoms with Gasteiger partial charge in [0.15, 0.2) is 0 Å². The third kappa shape index (κ3) is 5.26. The number of rotatable bonds is 8. The van der Waals surface area contributed by atoms with Gasteiger partial charge in [-0.1, -0.05) is 19.3 Å². The predicted octanol–water partition coefficient (Wildman–Crippen LogP) is 2.57. The van der Waals surface area contributed by atoms with E-state index in [0.717, 1.165) is 18.9 Å². The smallest absolute Gasteiger partial charge is 0.325 e. The number of nitrogens with zero attached hydrogens (tertiary/aromatic N) is 1. The molecule has 0 saturated heterocycles. The minimum Gasteiger partial charge on any atom is -0.468 e. The number of methoxy groups -OCH3 is 1. The molecule has 0 bridgehead atoms. The van der Waals surface area contributed by atoms with Crippen molar-refractivity contribution in [1.29, 1.82) is 0 Å².